The molecule has 0 spiro atoms. The average molecular weight is 240 g/mol. The first-order chi connectivity index (χ1) is 8.31. The molecular formula is C14H28N2O. The van der Waals surface area contributed by atoms with Gasteiger partial charge in [-0.25, -0.2) is 0 Å². The fourth-order valence-corrected chi connectivity index (χ4v) is 3.22. The maximum atomic E-state index is 5.56. The van der Waals surface area contributed by atoms with Gasteiger partial charge in [0.25, 0.3) is 0 Å². The molecule has 0 radical (unpaired) electrons. The molecule has 0 saturated carbocycles. The largest absolute Gasteiger partial charge is 0.381 e. The zero-order chi connectivity index (χ0) is 12.1. The van der Waals surface area contributed by atoms with E-state index in [9.17, 15) is 0 Å². The molecule has 2 saturated heterocycles. The average Bonchev–Trinajstić information content (AvgIpc) is 2.31. The lowest BCUT2D eigenvalue weighted by atomic mass is 9.95. The van der Waals surface area contributed by atoms with Crippen molar-refractivity contribution >= 4 is 0 Å². The Morgan fingerprint density at radius 2 is 2.18 bits per heavy atom. The van der Waals surface area contributed by atoms with Crippen molar-refractivity contribution < 1.29 is 4.74 Å². The molecule has 1 N–H and O–H groups in total. The van der Waals surface area contributed by atoms with Gasteiger partial charge in [-0.05, 0) is 51.2 Å². The molecule has 3 nitrogen and oxygen atoms in total. The number of ether oxygens (including phenoxy) is 1. The molecule has 0 aromatic carbocycles. The summed E-state index contributed by atoms with van der Waals surface area (Å²) in [7, 11) is 0. The van der Waals surface area contributed by atoms with Crippen LogP contribution in [0, 0.1) is 5.92 Å². The van der Waals surface area contributed by atoms with Crippen molar-refractivity contribution in [3.05, 3.63) is 0 Å². The second-order valence-corrected chi connectivity index (χ2v) is 5.65. The Morgan fingerprint density at radius 3 is 2.94 bits per heavy atom. The quantitative estimate of drug-likeness (QED) is 0.797. The number of rotatable bonds is 2. The number of nitrogens with one attached hydrogen (secondary N) is 1. The Hall–Kier alpha value is -0.120. The third-order valence-corrected chi connectivity index (χ3v) is 4.38. The molecule has 17 heavy (non-hydrogen) atoms. The molecule has 2 fully saturated rings. The first-order valence-electron chi connectivity index (χ1n) is 7.36. The van der Waals surface area contributed by atoms with Crippen LogP contribution in [0.4, 0.5) is 0 Å². The van der Waals surface area contributed by atoms with Crippen molar-refractivity contribution in [1.29, 1.82) is 0 Å². The van der Waals surface area contributed by atoms with Gasteiger partial charge in [-0.1, -0.05) is 13.8 Å². The summed E-state index contributed by atoms with van der Waals surface area (Å²) >= 11 is 0. The Bertz CT molecular complexity index is 222. The summed E-state index contributed by atoms with van der Waals surface area (Å²) in [5, 5.41) is 3.65. The van der Waals surface area contributed by atoms with Gasteiger partial charge in [0.05, 0.1) is 6.61 Å². The van der Waals surface area contributed by atoms with Crippen LogP contribution in [0.1, 0.15) is 39.5 Å². The van der Waals surface area contributed by atoms with E-state index in [0.717, 1.165) is 25.3 Å². The minimum atomic E-state index is 0.705. The molecule has 2 heterocycles. The fourth-order valence-electron chi connectivity index (χ4n) is 3.22. The predicted octanol–water partition coefficient (Wildman–Crippen LogP) is 1.88. The Kier molecular flexibility index (Phi) is 5.26. The summed E-state index contributed by atoms with van der Waals surface area (Å²) < 4.78 is 5.56. The monoisotopic (exact) mass is 240 g/mol. The molecule has 2 aliphatic rings. The van der Waals surface area contributed by atoms with Crippen LogP contribution in [0.25, 0.3) is 0 Å². The third-order valence-electron chi connectivity index (χ3n) is 4.38. The van der Waals surface area contributed by atoms with E-state index in [4.69, 9.17) is 4.74 Å². The van der Waals surface area contributed by atoms with Gasteiger partial charge in [-0.3, -0.25) is 4.90 Å². The highest BCUT2D eigenvalue weighted by Crippen LogP contribution is 2.21. The van der Waals surface area contributed by atoms with Crippen LogP contribution >= 0.6 is 0 Å². The van der Waals surface area contributed by atoms with Gasteiger partial charge in [0.15, 0.2) is 0 Å². The Balaban J connectivity index is 1.89. The third kappa shape index (κ3) is 3.67. The van der Waals surface area contributed by atoms with Crippen LogP contribution in [0.15, 0.2) is 0 Å². The summed E-state index contributed by atoms with van der Waals surface area (Å²) in [6.07, 6.45) is 5.09. The van der Waals surface area contributed by atoms with Crippen molar-refractivity contribution in [2.75, 3.05) is 32.8 Å². The summed E-state index contributed by atoms with van der Waals surface area (Å²) in [5.74, 6) is 0.705. The summed E-state index contributed by atoms with van der Waals surface area (Å²) in [4.78, 5) is 2.73. The maximum Gasteiger partial charge on any atom is 0.0506 e. The summed E-state index contributed by atoms with van der Waals surface area (Å²) in [6, 6.07) is 1.49. The van der Waals surface area contributed by atoms with Gasteiger partial charge in [-0.15, -0.1) is 0 Å². The van der Waals surface area contributed by atoms with Gasteiger partial charge >= 0.3 is 0 Å². The maximum absolute atomic E-state index is 5.56. The Morgan fingerprint density at radius 1 is 1.29 bits per heavy atom. The highest BCUT2D eigenvalue weighted by molar-refractivity contribution is 4.82. The van der Waals surface area contributed by atoms with E-state index in [1.807, 2.05) is 0 Å². The van der Waals surface area contributed by atoms with E-state index in [1.165, 1.54) is 45.3 Å². The SMILES string of the molecule is CCC1CCN(C2CCOCC2C)CCCN1. The van der Waals surface area contributed by atoms with Gasteiger partial charge in [-0.2, -0.15) is 0 Å². The van der Waals surface area contributed by atoms with Crippen LogP contribution in [-0.4, -0.2) is 49.8 Å². The number of hydrogen-bond acceptors (Lipinski definition) is 3. The van der Waals surface area contributed by atoms with E-state index in [0.29, 0.717) is 5.92 Å². The first-order valence-corrected chi connectivity index (χ1v) is 7.36. The van der Waals surface area contributed by atoms with Gasteiger partial charge < -0.3 is 10.1 Å². The van der Waals surface area contributed by atoms with Gasteiger partial charge in [0.1, 0.15) is 0 Å². The van der Waals surface area contributed by atoms with Crippen LogP contribution in [0.2, 0.25) is 0 Å². The standard InChI is InChI=1S/C14H28N2O/c1-3-13-5-9-16(8-4-7-15-13)14-6-10-17-11-12(14)2/h12-15H,3-11H2,1-2H3. The van der Waals surface area contributed by atoms with Crippen LogP contribution in [0.5, 0.6) is 0 Å². The van der Waals surface area contributed by atoms with E-state index < -0.39 is 0 Å². The fraction of sp³-hybridized carbons (Fsp3) is 1.00. The molecule has 3 unspecified atom stereocenters. The highest BCUT2D eigenvalue weighted by Gasteiger charge is 2.28. The predicted molar refractivity (Wildman–Crippen MR) is 71.3 cm³/mol. The van der Waals surface area contributed by atoms with Crippen LogP contribution < -0.4 is 5.32 Å². The van der Waals surface area contributed by atoms with E-state index in [-0.39, 0.29) is 0 Å². The molecule has 3 atom stereocenters. The Labute approximate surface area is 106 Å². The zero-order valence-electron chi connectivity index (χ0n) is 11.5. The molecule has 2 rings (SSSR count). The zero-order valence-corrected chi connectivity index (χ0v) is 11.5. The van der Waals surface area contributed by atoms with Gasteiger partial charge in [0, 0.05) is 18.7 Å². The van der Waals surface area contributed by atoms with Crippen molar-refractivity contribution in [2.24, 2.45) is 5.92 Å². The van der Waals surface area contributed by atoms with Crippen LogP contribution in [-0.2, 0) is 4.74 Å². The lowest BCUT2D eigenvalue weighted by Crippen LogP contribution is -2.49. The molecular weight excluding hydrogens is 212 g/mol. The number of hydrogen-bond donors (Lipinski definition) is 1. The van der Waals surface area contributed by atoms with Crippen molar-refractivity contribution in [3.8, 4) is 0 Å². The van der Waals surface area contributed by atoms with Crippen LogP contribution in [0.3, 0.4) is 0 Å². The van der Waals surface area contributed by atoms with Crippen molar-refractivity contribution in [1.82, 2.24) is 10.2 Å². The molecule has 0 aliphatic carbocycles. The topological polar surface area (TPSA) is 24.5 Å². The molecule has 0 aromatic heterocycles. The molecule has 2 aliphatic heterocycles. The van der Waals surface area contributed by atoms with Gasteiger partial charge in [0.2, 0.25) is 0 Å². The van der Waals surface area contributed by atoms with E-state index >= 15 is 0 Å². The molecule has 100 valence electrons. The lowest BCUT2D eigenvalue weighted by molar-refractivity contribution is -0.00893. The molecule has 0 aromatic rings. The minimum Gasteiger partial charge on any atom is -0.381 e. The minimum absolute atomic E-state index is 0.705. The second kappa shape index (κ2) is 6.72. The number of nitrogens with zero attached hydrogens (tertiary/aromatic N) is 1. The smallest absolute Gasteiger partial charge is 0.0506 e. The van der Waals surface area contributed by atoms with E-state index in [1.54, 1.807) is 0 Å². The molecule has 3 heteroatoms. The second-order valence-electron chi connectivity index (χ2n) is 5.65. The highest BCUT2D eigenvalue weighted by atomic mass is 16.5. The first kappa shape index (κ1) is 13.3. The van der Waals surface area contributed by atoms with Crippen molar-refractivity contribution in [2.45, 2.75) is 51.6 Å². The summed E-state index contributed by atoms with van der Waals surface area (Å²) in [6.45, 7) is 10.3. The lowest BCUT2D eigenvalue weighted by Gasteiger charge is -2.40. The molecule has 0 bridgehead atoms. The molecule has 0 amide bonds. The normalized spacial score (nSPS) is 37.4. The van der Waals surface area contributed by atoms with E-state index in [2.05, 4.69) is 24.1 Å². The van der Waals surface area contributed by atoms with Crippen molar-refractivity contribution in [3.63, 3.8) is 0 Å². The summed E-state index contributed by atoms with van der Waals surface area (Å²) in [5.41, 5.74) is 0.